The first-order valence-electron chi connectivity index (χ1n) is 11.9. The maximum absolute atomic E-state index is 12.8. The molecule has 0 spiro atoms. The van der Waals surface area contributed by atoms with Crippen molar-refractivity contribution in [1.82, 2.24) is 9.88 Å². The van der Waals surface area contributed by atoms with Gasteiger partial charge in [-0.05, 0) is 66.7 Å². The molecule has 1 amide bonds. The molecule has 0 radical (unpaired) electrons. The second-order valence-electron chi connectivity index (χ2n) is 8.49. The van der Waals surface area contributed by atoms with Gasteiger partial charge in [0.2, 0.25) is 0 Å². The van der Waals surface area contributed by atoms with Gasteiger partial charge in [0.25, 0.3) is 5.91 Å². The number of carbonyl (C=O) groups is 1. The van der Waals surface area contributed by atoms with Crippen LogP contribution in [0.2, 0.25) is 0 Å². The molecule has 0 saturated heterocycles. The number of likely N-dealkylation sites (N-methyl/N-ethyl adjacent to an activating group) is 1. The van der Waals surface area contributed by atoms with Gasteiger partial charge in [-0.1, -0.05) is 50.2 Å². The predicted octanol–water partition coefficient (Wildman–Crippen LogP) is 6.05. The molecule has 1 aliphatic rings. The van der Waals surface area contributed by atoms with Crippen LogP contribution in [-0.2, 0) is 4.79 Å². The Hall–Kier alpha value is -3.83. The average molecular weight is 452 g/mol. The van der Waals surface area contributed by atoms with E-state index in [1.54, 1.807) is 0 Å². The lowest BCUT2D eigenvalue weighted by Gasteiger charge is -2.17. The van der Waals surface area contributed by atoms with Gasteiger partial charge in [0.05, 0.1) is 5.57 Å². The molecule has 0 bridgehead atoms. The fraction of sp³-hybridized carbons (Fsp3) is 0.207. The number of benzene rings is 3. The first kappa shape index (κ1) is 22.0. The average Bonchev–Trinajstić information content (AvgIpc) is 3.41. The molecule has 172 valence electrons. The molecular weight excluding hydrogens is 422 g/mol. The quantitative estimate of drug-likeness (QED) is 0.321. The third-order valence-corrected chi connectivity index (χ3v) is 6.39. The van der Waals surface area contributed by atoms with E-state index in [4.69, 9.17) is 4.74 Å². The molecule has 1 aliphatic heterocycles. The number of fused-ring (bicyclic) bond motifs is 2. The molecule has 0 fully saturated rings. The second-order valence-corrected chi connectivity index (χ2v) is 8.49. The summed E-state index contributed by atoms with van der Waals surface area (Å²) in [5, 5.41) is 4.05. The highest BCUT2D eigenvalue weighted by atomic mass is 16.5. The van der Waals surface area contributed by atoms with Gasteiger partial charge in [0.15, 0.2) is 0 Å². The molecule has 2 N–H and O–H groups in total. The maximum Gasteiger partial charge on any atom is 0.256 e. The van der Waals surface area contributed by atoms with E-state index in [1.807, 2.05) is 54.6 Å². The van der Waals surface area contributed by atoms with Crippen LogP contribution in [0.1, 0.15) is 25.1 Å². The zero-order chi connectivity index (χ0) is 23.5. The smallest absolute Gasteiger partial charge is 0.256 e. The van der Waals surface area contributed by atoms with Crippen molar-refractivity contribution < 1.29 is 9.53 Å². The minimum absolute atomic E-state index is 0.0840. The number of anilines is 1. The first-order valence-corrected chi connectivity index (χ1v) is 11.9. The topological polar surface area (TPSA) is 57.4 Å². The van der Waals surface area contributed by atoms with Crippen molar-refractivity contribution in [3.63, 3.8) is 0 Å². The van der Waals surface area contributed by atoms with Gasteiger partial charge in [0, 0.05) is 34.4 Å². The summed E-state index contributed by atoms with van der Waals surface area (Å²) in [5.74, 6) is 0.772. The van der Waals surface area contributed by atoms with Crippen LogP contribution in [0.4, 0.5) is 5.69 Å². The molecule has 5 nitrogen and oxygen atoms in total. The lowest BCUT2D eigenvalue weighted by molar-refractivity contribution is -0.110. The third-order valence-electron chi connectivity index (χ3n) is 6.39. The fourth-order valence-corrected chi connectivity index (χ4v) is 4.43. The van der Waals surface area contributed by atoms with Gasteiger partial charge in [-0.25, -0.2) is 0 Å². The van der Waals surface area contributed by atoms with Crippen LogP contribution >= 0.6 is 0 Å². The highest BCUT2D eigenvalue weighted by Gasteiger charge is 2.24. The van der Waals surface area contributed by atoms with Crippen LogP contribution < -0.4 is 10.1 Å². The Balaban J connectivity index is 1.40. The summed E-state index contributed by atoms with van der Waals surface area (Å²) in [6.07, 6.45) is 1.93. The number of ether oxygens (including phenoxy) is 1. The molecule has 0 unspecified atom stereocenters. The van der Waals surface area contributed by atoms with Gasteiger partial charge in [-0.2, -0.15) is 0 Å². The van der Waals surface area contributed by atoms with E-state index >= 15 is 0 Å². The Bertz CT molecular complexity index is 1350. The molecule has 4 aromatic rings. The SMILES string of the molecule is CCN(CC)CCOc1ccc2[nH]c(C=C3C(=O)Nc4ccc(-c5ccccc5)cc43)cc2c1. The van der Waals surface area contributed by atoms with Crippen molar-refractivity contribution in [3.8, 4) is 16.9 Å². The van der Waals surface area contributed by atoms with Gasteiger partial charge >= 0.3 is 0 Å². The molecule has 5 heteroatoms. The summed E-state index contributed by atoms with van der Waals surface area (Å²) in [7, 11) is 0. The summed E-state index contributed by atoms with van der Waals surface area (Å²) in [4.78, 5) is 18.5. The number of aromatic nitrogens is 1. The highest BCUT2D eigenvalue weighted by molar-refractivity contribution is 6.35. The van der Waals surface area contributed by atoms with Crippen molar-refractivity contribution in [2.24, 2.45) is 0 Å². The van der Waals surface area contributed by atoms with Gasteiger partial charge < -0.3 is 19.9 Å². The number of hydrogen-bond donors (Lipinski definition) is 2. The Labute approximate surface area is 200 Å². The van der Waals surface area contributed by atoms with E-state index in [9.17, 15) is 4.79 Å². The third kappa shape index (κ3) is 4.47. The normalized spacial score (nSPS) is 14.1. The largest absolute Gasteiger partial charge is 0.492 e. The van der Waals surface area contributed by atoms with Crippen LogP contribution in [0.5, 0.6) is 5.75 Å². The molecule has 34 heavy (non-hydrogen) atoms. The Kier molecular flexibility index (Phi) is 6.19. The number of H-pyrrole nitrogens is 1. The number of aromatic amines is 1. The monoisotopic (exact) mass is 451 g/mol. The number of hydrogen-bond acceptors (Lipinski definition) is 3. The van der Waals surface area contributed by atoms with E-state index in [0.717, 1.165) is 64.4 Å². The van der Waals surface area contributed by atoms with Crippen molar-refractivity contribution in [2.75, 3.05) is 31.6 Å². The minimum atomic E-state index is -0.0840. The van der Waals surface area contributed by atoms with Crippen LogP contribution in [0, 0.1) is 0 Å². The molecule has 2 heterocycles. The zero-order valence-corrected chi connectivity index (χ0v) is 19.6. The highest BCUT2D eigenvalue weighted by Crippen LogP contribution is 2.36. The van der Waals surface area contributed by atoms with Crippen molar-refractivity contribution in [3.05, 3.63) is 84.1 Å². The van der Waals surface area contributed by atoms with Crippen LogP contribution in [0.15, 0.2) is 72.8 Å². The predicted molar refractivity (Wildman–Crippen MR) is 140 cm³/mol. The first-order chi connectivity index (χ1) is 16.6. The summed E-state index contributed by atoms with van der Waals surface area (Å²) >= 11 is 0. The molecule has 5 rings (SSSR count). The molecule has 0 aliphatic carbocycles. The van der Waals surface area contributed by atoms with E-state index in [2.05, 4.69) is 53.3 Å². The van der Waals surface area contributed by atoms with Gasteiger partial charge in [-0.15, -0.1) is 0 Å². The Morgan fingerprint density at radius 2 is 1.74 bits per heavy atom. The summed E-state index contributed by atoms with van der Waals surface area (Å²) in [6, 6.07) is 24.4. The zero-order valence-electron chi connectivity index (χ0n) is 19.6. The van der Waals surface area contributed by atoms with Crippen LogP contribution in [0.25, 0.3) is 33.7 Å². The number of rotatable bonds is 8. The van der Waals surface area contributed by atoms with Crippen LogP contribution in [0.3, 0.4) is 0 Å². The number of nitrogens with zero attached hydrogens (tertiary/aromatic N) is 1. The standard InChI is InChI=1S/C29H29N3O2/c1-3-32(4-2)14-15-34-24-11-13-27-22(17-24)16-23(30-27)19-26-25-18-21(20-8-6-5-7-9-20)10-12-28(25)31-29(26)33/h5-13,16-19,30H,3-4,14-15H2,1-2H3,(H,31,33). The summed E-state index contributed by atoms with van der Waals surface area (Å²) in [5.41, 5.74) is 6.54. The van der Waals surface area contributed by atoms with Crippen LogP contribution in [-0.4, -0.2) is 42.0 Å². The molecule has 0 atom stereocenters. The van der Waals surface area contributed by atoms with E-state index in [-0.39, 0.29) is 5.91 Å². The minimum Gasteiger partial charge on any atom is -0.492 e. The molecule has 1 aromatic heterocycles. The van der Waals surface area contributed by atoms with E-state index < -0.39 is 0 Å². The second kappa shape index (κ2) is 9.57. The molecular formula is C29H29N3O2. The number of amides is 1. The molecule has 3 aromatic carbocycles. The van der Waals surface area contributed by atoms with Crippen molar-refractivity contribution >= 4 is 34.1 Å². The Morgan fingerprint density at radius 1 is 0.912 bits per heavy atom. The maximum atomic E-state index is 12.8. The fourth-order valence-electron chi connectivity index (χ4n) is 4.43. The van der Waals surface area contributed by atoms with Gasteiger partial charge in [0.1, 0.15) is 12.4 Å². The van der Waals surface area contributed by atoms with Crippen molar-refractivity contribution in [1.29, 1.82) is 0 Å². The van der Waals surface area contributed by atoms with E-state index in [1.165, 1.54) is 0 Å². The van der Waals surface area contributed by atoms with Gasteiger partial charge in [-0.3, -0.25) is 4.79 Å². The number of carbonyl (C=O) groups excluding carboxylic acids is 1. The Morgan fingerprint density at radius 3 is 2.53 bits per heavy atom. The lowest BCUT2D eigenvalue weighted by Crippen LogP contribution is -2.27. The van der Waals surface area contributed by atoms with E-state index in [0.29, 0.717) is 12.2 Å². The van der Waals surface area contributed by atoms with Crippen molar-refractivity contribution in [2.45, 2.75) is 13.8 Å². The number of nitrogens with one attached hydrogen (secondary N) is 2. The lowest BCUT2D eigenvalue weighted by atomic mass is 9.99. The summed E-state index contributed by atoms with van der Waals surface area (Å²) in [6.45, 7) is 7.95. The summed E-state index contributed by atoms with van der Waals surface area (Å²) < 4.78 is 5.97. The molecule has 0 saturated carbocycles.